The number of halogens is 1. The molecule has 4 nitrogen and oxygen atoms in total. The number of nitrogens with zero attached hydrogens (tertiary/aromatic N) is 1. The van der Waals surface area contributed by atoms with Gasteiger partial charge in [-0.3, -0.25) is 4.79 Å². The summed E-state index contributed by atoms with van der Waals surface area (Å²) in [7, 11) is 1.39. The van der Waals surface area contributed by atoms with Gasteiger partial charge in [-0.2, -0.15) is 0 Å². The summed E-state index contributed by atoms with van der Waals surface area (Å²) in [5.74, 6) is -0.247. The van der Waals surface area contributed by atoms with Gasteiger partial charge in [0, 0.05) is 9.13 Å². The van der Waals surface area contributed by atoms with Crippen LogP contribution in [0.25, 0.3) is 11.0 Å². The third kappa shape index (κ3) is 1.97. The third-order valence-electron chi connectivity index (χ3n) is 2.19. The fourth-order valence-electron chi connectivity index (χ4n) is 1.43. The summed E-state index contributed by atoms with van der Waals surface area (Å²) < 4.78 is 5.68. The van der Waals surface area contributed by atoms with E-state index in [-0.39, 0.29) is 12.4 Å². The molecule has 0 aliphatic carbocycles. The van der Waals surface area contributed by atoms with Crippen LogP contribution in [0.1, 0.15) is 5.56 Å². The fraction of sp³-hybridized carbons (Fsp3) is 0.200. The molecule has 0 saturated carbocycles. The van der Waals surface area contributed by atoms with Gasteiger partial charge in [0.15, 0.2) is 0 Å². The molecule has 0 atom stereocenters. The van der Waals surface area contributed by atoms with E-state index < -0.39 is 0 Å². The molecule has 5 heteroatoms. The Bertz CT molecular complexity index is 507. The van der Waals surface area contributed by atoms with Gasteiger partial charge in [0.05, 0.1) is 30.9 Å². The summed E-state index contributed by atoms with van der Waals surface area (Å²) in [6, 6.07) is 3.91. The van der Waals surface area contributed by atoms with Gasteiger partial charge < -0.3 is 9.72 Å². The molecule has 0 fully saturated rings. The predicted octanol–water partition coefficient (Wildman–Crippen LogP) is 1.88. The van der Waals surface area contributed by atoms with Crippen LogP contribution in [0.2, 0.25) is 0 Å². The highest BCUT2D eigenvalue weighted by Crippen LogP contribution is 2.21. The second-order valence-corrected chi connectivity index (χ2v) is 4.24. The average molecular weight is 316 g/mol. The van der Waals surface area contributed by atoms with Crippen LogP contribution >= 0.6 is 22.6 Å². The van der Waals surface area contributed by atoms with Crippen LogP contribution in [0.3, 0.4) is 0 Å². The fourth-order valence-corrected chi connectivity index (χ4v) is 2.05. The zero-order chi connectivity index (χ0) is 10.8. The third-order valence-corrected chi connectivity index (χ3v) is 3.20. The first-order chi connectivity index (χ1) is 7.22. The molecule has 0 aliphatic heterocycles. The van der Waals surface area contributed by atoms with Crippen molar-refractivity contribution in [1.82, 2.24) is 9.97 Å². The molecular weight excluding hydrogens is 307 g/mol. The number of nitrogens with one attached hydrogen (secondary N) is 1. The molecule has 1 heterocycles. The summed E-state index contributed by atoms with van der Waals surface area (Å²) >= 11 is 2.19. The van der Waals surface area contributed by atoms with Gasteiger partial charge in [-0.05, 0) is 34.7 Å². The molecule has 15 heavy (non-hydrogen) atoms. The molecule has 2 rings (SSSR count). The number of rotatable bonds is 2. The summed E-state index contributed by atoms with van der Waals surface area (Å²) in [4.78, 5) is 18.4. The topological polar surface area (TPSA) is 55.0 Å². The quantitative estimate of drug-likeness (QED) is 0.680. The number of esters is 1. The second-order valence-electron chi connectivity index (χ2n) is 3.08. The molecule has 1 aromatic heterocycles. The Labute approximate surface area is 100 Å². The van der Waals surface area contributed by atoms with E-state index in [2.05, 4.69) is 37.3 Å². The summed E-state index contributed by atoms with van der Waals surface area (Å²) in [6.07, 6.45) is 1.89. The van der Waals surface area contributed by atoms with Gasteiger partial charge in [-0.1, -0.05) is 0 Å². The van der Waals surface area contributed by atoms with Gasteiger partial charge in [0.25, 0.3) is 0 Å². The van der Waals surface area contributed by atoms with E-state index in [0.29, 0.717) is 0 Å². The lowest BCUT2D eigenvalue weighted by atomic mass is 10.1. The molecular formula is C10H9IN2O2. The van der Waals surface area contributed by atoms with Crippen LogP contribution in [0.4, 0.5) is 0 Å². The van der Waals surface area contributed by atoms with Crippen molar-refractivity contribution in [2.24, 2.45) is 0 Å². The van der Waals surface area contributed by atoms with E-state index in [1.807, 2.05) is 12.1 Å². The largest absolute Gasteiger partial charge is 0.469 e. The van der Waals surface area contributed by atoms with Crippen molar-refractivity contribution in [3.05, 3.63) is 27.6 Å². The molecule has 0 aliphatic rings. The maximum atomic E-state index is 11.2. The lowest BCUT2D eigenvalue weighted by Gasteiger charge is -2.03. The second kappa shape index (κ2) is 4.18. The maximum absolute atomic E-state index is 11.2. The van der Waals surface area contributed by atoms with Crippen LogP contribution in [-0.2, 0) is 16.0 Å². The number of hydrogen-bond donors (Lipinski definition) is 1. The summed E-state index contributed by atoms with van der Waals surface area (Å²) in [5.41, 5.74) is 2.70. The van der Waals surface area contributed by atoms with Crippen molar-refractivity contribution < 1.29 is 9.53 Å². The number of aromatic nitrogens is 2. The molecule has 2 aromatic rings. The van der Waals surface area contributed by atoms with E-state index in [9.17, 15) is 4.79 Å². The van der Waals surface area contributed by atoms with Crippen LogP contribution < -0.4 is 0 Å². The SMILES string of the molecule is COC(=O)Cc1c(I)ccc2[nH]cnc12. The highest BCUT2D eigenvalue weighted by Gasteiger charge is 2.12. The molecule has 0 radical (unpaired) electrons. The van der Waals surface area contributed by atoms with Crippen molar-refractivity contribution in [3.63, 3.8) is 0 Å². The number of imidazole rings is 1. The molecule has 1 aromatic carbocycles. The first kappa shape index (κ1) is 10.4. The number of aromatic amines is 1. The highest BCUT2D eigenvalue weighted by atomic mass is 127. The van der Waals surface area contributed by atoms with Gasteiger partial charge in [-0.15, -0.1) is 0 Å². The standard InChI is InChI=1S/C10H9IN2O2/c1-15-9(14)4-6-7(11)2-3-8-10(6)13-5-12-8/h2-3,5H,4H2,1H3,(H,12,13). The zero-order valence-corrected chi connectivity index (χ0v) is 10.2. The number of benzene rings is 1. The normalized spacial score (nSPS) is 10.5. The Balaban J connectivity index is 2.51. The van der Waals surface area contributed by atoms with Crippen molar-refractivity contribution in [1.29, 1.82) is 0 Å². The Hall–Kier alpha value is -1.11. The summed E-state index contributed by atoms with van der Waals surface area (Å²) in [5, 5.41) is 0. The molecule has 0 amide bonds. The van der Waals surface area contributed by atoms with E-state index in [1.165, 1.54) is 7.11 Å². The van der Waals surface area contributed by atoms with Crippen molar-refractivity contribution in [2.45, 2.75) is 6.42 Å². The minimum atomic E-state index is -0.247. The van der Waals surface area contributed by atoms with Gasteiger partial charge in [0.2, 0.25) is 0 Å². The maximum Gasteiger partial charge on any atom is 0.310 e. The Morgan fingerprint density at radius 3 is 3.13 bits per heavy atom. The average Bonchev–Trinajstić information content (AvgIpc) is 2.70. The van der Waals surface area contributed by atoms with Crippen LogP contribution in [0, 0.1) is 3.57 Å². The molecule has 1 N–H and O–H groups in total. The Kier molecular flexibility index (Phi) is 2.90. The number of carbonyl (C=O) groups excluding carboxylic acids is 1. The van der Waals surface area contributed by atoms with E-state index in [1.54, 1.807) is 6.33 Å². The van der Waals surface area contributed by atoms with Crippen molar-refractivity contribution >= 4 is 39.6 Å². The number of H-pyrrole nitrogens is 1. The molecule has 0 saturated heterocycles. The lowest BCUT2D eigenvalue weighted by Crippen LogP contribution is -2.06. The van der Waals surface area contributed by atoms with E-state index >= 15 is 0 Å². The van der Waals surface area contributed by atoms with E-state index in [0.717, 1.165) is 20.2 Å². The van der Waals surface area contributed by atoms with E-state index in [4.69, 9.17) is 0 Å². The Morgan fingerprint density at radius 2 is 2.40 bits per heavy atom. The Morgan fingerprint density at radius 1 is 1.60 bits per heavy atom. The lowest BCUT2D eigenvalue weighted by molar-refractivity contribution is -0.139. The van der Waals surface area contributed by atoms with Crippen LogP contribution in [0.15, 0.2) is 18.5 Å². The van der Waals surface area contributed by atoms with Gasteiger partial charge in [0.1, 0.15) is 0 Å². The monoisotopic (exact) mass is 316 g/mol. The number of ether oxygens (including phenoxy) is 1. The molecule has 0 bridgehead atoms. The van der Waals surface area contributed by atoms with Crippen LogP contribution in [-0.4, -0.2) is 23.0 Å². The highest BCUT2D eigenvalue weighted by molar-refractivity contribution is 14.1. The number of hydrogen-bond acceptors (Lipinski definition) is 3. The first-order valence-electron chi connectivity index (χ1n) is 4.39. The first-order valence-corrected chi connectivity index (χ1v) is 5.47. The zero-order valence-electron chi connectivity index (χ0n) is 8.08. The van der Waals surface area contributed by atoms with Gasteiger partial charge in [-0.25, -0.2) is 4.98 Å². The predicted molar refractivity (Wildman–Crippen MR) is 64.5 cm³/mol. The van der Waals surface area contributed by atoms with Crippen molar-refractivity contribution in [3.8, 4) is 0 Å². The molecule has 0 spiro atoms. The summed E-state index contributed by atoms with van der Waals surface area (Å²) in [6.45, 7) is 0. The minimum Gasteiger partial charge on any atom is -0.469 e. The molecule has 0 unspecified atom stereocenters. The van der Waals surface area contributed by atoms with Crippen LogP contribution in [0.5, 0.6) is 0 Å². The number of carbonyl (C=O) groups is 1. The molecule has 78 valence electrons. The smallest absolute Gasteiger partial charge is 0.310 e. The number of fused-ring (bicyclic) bond motifs is 1. The number of methoxy groups -OCH3 is 1. The van der Waals surface area contributed by atoms with Gasteiger partial charge >= 0.3 is 5.97 Å². The van der Waals surface area contributed by atoms with Crippen molar-refractivity contribution in [2.75, 3.05) is 7.11 Å². The minimum absolute atomic E-state index is 0.247.